The summed E-state index contributed by atoms with van der Waals surface area (Å²) in [6.07, 6.45) is -0.536. The number of Topliss-reactive ketones (excluding diaryl/α,β-unsaturated/α-hetero) is 2. The number of ketones is 2. The van der Waals surface area contributed by atoms with Crippen LogP contribution in [0.4, 0.5) is 0 Å². The Morgan fingerprint density at radius 3 is 2.17 bits per heavy atom. The highest BCUT2D eigenvalue weighted by molar-refractivity contribution is 6.48. The van der Waals surface area contributed by atoms with Gasteiger partial charge in [0.1, 0.15) is 6.04 Å². The molecule has 12 heteroatoms. The zero-order valence-electron chi connectivity index (χ0n) is 17.5. The minimum Gasteiger partial charge on any atom is -0.391 e. The van der Waals surface area contributed by atoms with Gasteiger partial charge in [0.25, 0.3) is 0 Å². The molecule has 0 aliphatic heterocycles. The van der Waals surface area contributed by atoms with Crippen molar-refractivity contribution in [3.63, 3.8) is 0 Å². The van der Waals surface area contributed by atoms with Crippen molar-refractivity contribution in [3.05, 3.63) is 0 Å². The van der Waals surface area contributed by atoms with Crippen LogP contribution in [-0.2, 0) is 19.2 Å². The molecule has 0 aromatic carbocycles. The standard InChI is InChI=1S/C18H33ClN6O5/c1-9(2)7-11(20)16(29)25-14(10(3)26)17(30)24-12(15(28)13(27)8-19)5-4-6-23-18(21)22/h9-12,14,26H,4-8,20H2,1-3H3,(H,24,30)(H,25,29)(H4,21,22,23)/t10-,11-,12+,14+/m1/s1. The van der Waals surface area contributed by atoms with E-state index in [1.54, 1.807) is 0 Å². The third-order valence-corrected chi connectivity index (χ3v) is 4.38. The summed E-state index contributed by atoms with van der Waals surface area (Å²) in [7, 11) is 0. The van der Waals surface area contributed by atoms with E-state index in [0.717, 1.165) is 0 Å². The van der Waals surface area contributed by atoms with Gasteiger partial charge in [-0.05, 0) is 32.1 Å². The quantitative estimate of drug-likeness (QED) is 0.0538. The maximum absolute atomic E-state index is 12.6. The molecule has 9 N–H and O–H groups in total. The van der Waals surface area contributed by atoms with Crippen LogP contribution in [-0.4, -0.2) is 71.1 Å². The molecular formula is C18H33ClN6O5. The smallest absolute Gasteiger partial charge is 0.245 e. The number of hydrogen-bond acceptors (Lipinski definition) is 7. The Morgan fingerprint density at radius 1 is 1.10 bits per heavy atom. The number of alkyl halides is 1. The van der Waals surface area contributed by atoms with Gasteiger partial charge in [0.15, 0.2) is 5.96 Å². The van der Waals surface area contributed by atoms with Crippen molar-refractivity contribution in [2.24, 2.45) is 17.4 Å². The Bertz CT molecular complexity index is 628. The van der Waals surface area contributed by atoms with Gasteiger partial charge in [-0.3, -0.25) is 24.6 Å². The molecule has 11 nitrogen and oxygen atoms in total. The number of guanidine groups is 1. The number of nitrogens with two attached hydrogens (primary N) is 2. The van der Waals surface area contributed by atoms with Crippen LogP contribution in [0.15, 0.2) is 0 Å². The van der Waals surface area contributed by atoms with Crippen molar-refractivity contribution < 1.29 is 24.3 Å². The molecule has 0 heterocycles. The number of amides is 2. The lowest BCUT2D eigenvalue weighted by Gasteiger charge is -2.25. The Hall–Kier alpha value is -2.24. The van der Waals surface area contributed by atoms with Crippen LogP contribution in [0.3, 0.4) is 0 Å². The molecule has 0 saturated heterocycles. The molecule has 4 atom stereocenters. The zero-order chi connectivity index (χ0) is 23.4. The van der Waals surface area contributed by atoms with Gasteiger partial charge in [-0.1, -0.05) is 13.8 Å². The van der Waals surface area contributed by atoms with Crippen molar-refractivity contribution >= 4 is 40.9 Å². The molecule has 0 fully saturated rings. The molecule has 0 aromatic heterocycles. The van der Waals surface area contributed by atoms with Gasteiger partial charge in [0.05, 0.1) is 24.1 Å². The number of aliphatic hydroxyl groups excluding tert-OH is 1. The number of aliphatic hydroxyl groups is 1. The highest BCUT2D eigenvalue weighted by atomic mass is 35.5. The lowest BCUT2D eigenvalue weighted by atomic mass is 10.0. The number of carbonyl (C=O) groups excluding carboxylic acids is 4. The van der Waals surface area contributed by atoms with E-state index in [1.165, 1.54) is 6.92 Å². The fraction of sp³-hybridized carbons (Fsp3) is 0.722. The van der Waals surface area contributed by atoms with Crippen molar-refractivity contribution in [3.8, 4) is 0 Å². The van der Waals surface area contributed by atoms with Gasteiger partial charge in [-0.2, -0.15) is 0 Å². The summed E-state index contributed by atoms with van der Waals surface area (Å²) < 4.78 is 0. The van der Waals surface area contributed by atoms with Crippen molar-refractivity contribution in [1.82, 2.24) is 16.0 Å². The largest absolute Gasteiger partial charge is 0.391 e. The number of nitrogens with one attached hydrogen (secondary N) is 4. The highest BCUT2D eigenvalue weighted by Crippen LogP contribution is 2.06. The average Bonchev–Trinajstić information content (AvgIpc) is 2.65. The Balaban J connectivity index is 5.22. The third-order valence-electron chi connectivity index (χ3n) is 4.14. The molecule has 0 bridgehead atoms. The molecule has 30 heavy (non-hydrogen) atoms. The first kappa shape index (κ1) is 27.8. The van der Waals surface area contributed by atoms with E-state index in [4.69, 9.17) is 28.5 Å². The van der Waals surface area contributed by atoms with Crippen molar-refractivity contribution in [2.75, 3.05) is 12.4 Å². The second-order valence-corrected chi connectivity index (χ2v) is 7.70. The van der Waals surface area contributed by atoms with Gasteiger partial charge in [-0.25, -0.2) is 0 Å². The summed E-state index contributed by atoms with van der Waals surface area (Å²) in [5.41, 5.74) is 11.0. The summed E-state index contributed by atoms with van der Waals surface area (Å²) in [5.74, 6) is -3.88. The molecule has 2 amide bonds. The minimum absolute atomic E-state index is 0.0564. The van der Waals surface area contributed by atoms with E-state index in [1.807, 2.05) is 13.8 Å². The van der Waals surface area contributed by atoms with Crippen LogP contribution < -0.4 is 27.4 Å². The maximum Gasteiger partial charge on any atom is 0.245 e. The van der Waals surface area contributed by atoms with E-state index >= 15 is 0 Å². The summed E-state index contributed by atoms with van der Waals surface area (Å²) in [5, 5.41) is 24.4. The molecule has 0 saturated carbocycles. The fourth-order valence-corrected chi connectivity index (χ4v) is 2.73. The lowest BCUT2D eigenvalue weighted by Crippen LogP contribution is -2.58. The second kappa shape index (κ2) is 13.9. The van der Waals surface area contributed by atoms with Crippen LogP contribution in [0.5, 0.6) is 0 Å². The SMILES string of the molecule is CC(C)C[C@@H](N)C(=O)N[C@H](C(=O)N[C@@H](CCCNC(=N)N)C(=O)C(=O)CCl)[C@@H](C)O. The minimum atomic E-state index is -1.37. The zero-order valence-corrected chi connectivity index (χ0v) is 18.3. The van der Waals surface area contributed by atoms with E-state index in [0.29, 0.717) is 12.8 Å². The summed E-state index contributed by atoms with van der Waals surface area (Å²) in [6, 6.07) is -3.44. The Labute approximate surface area is 181 Å². The fourth-order valence-electron chi connectivity index (χ4n) is 2.60. The molecule has 0 unspecified atom stereocenters. The summed E-state index contributed by atoms with van der Waals surface area (Å²) >= 11 is 5.44. The normalized spacial score (nSPS) is 14.9. The molecule has 0 aromatic rings. The number of hydrogen-bond donors (Lipinski definition) is 7. The molecular weight excluding hydrogens is 416 g/mol. The molecule has 0 rings (SSSR count). The number of rotatable bonds is 14. The Kier molecular flexibility index (Phi) is 12.8. The topological polar surface area (TPSA) is 200 Å². The predicted molar refractivity (Wildman–Crippen MR) is 113 cm³/mol. The van der Waals surface area contributed by atoms with Crippen LogP contribution in [0.1, 0.15) is 40.0 Å². The molecule has 0 aliphatic rings. The first-order valence-electron chi connectivity index (χ1n) is 9.65. The predicted octanol–water partition coefficient (Wildman–Crippen LogP) is -1.65. The summed E-state index contributed by atoms with van der Waals surface area (Å²) in [6.45, 7) is 5.31. The first-order chi connectivity index (χ1) is 13.9. The van der Waals surface area contributed by atoms with Gasteiger partial charge in [0, 0.05) is 6.54 Å². The second-order valence-electron chi connectivity index (χ2n) is 7.43. The van der Waals surface area contributed by atoms with Crippen molar-refractivity contribution in [2.45, 2.75) is 64.3 Å². The highest BCUT2D eigenvalue weighted by Gasteiger charge is 2.32. The maximum atomic E-state index is 12.6. The molecule has 0 spiro atoms. The monoisotopic (exact) mass is 448 g/mol. The first-order valence-corrected chi connectivity index (χ1v) is 10.2. The van der Waals surface area contributed by atoms with Crippen molar-refractivity contribution in [1.29, 1.82) is 5.41 Å². The van der Waals surface area contributed by atoms with E-state index in [-0.39, 0.29) is 24.8 Å². The van der Waals surface area contributed by atoms with Gasteiger partial charge in [-0.15, -0.1) is 11.6 Å². The van der Waals surface area contributed by atoms with Crippen LogP contribution in [0, 0.1) is 11.3 Å². The molecule has 172 valence electrons. The van der Waals surface area contributed by atoms with Crippen LogP contribution >= 0.6 is 11.6 Å². The Morgan fingerprint density at radius 2 is 1.70 bits per heavy atom. The van der Waals surface area contributed by atoms with E-state index in [9.17, 15) is 24.3 Å². The van der Waals surface area contributed by atoms with Crippen LogP contribution in [0.25, 0.3) is 0 Å². The molecule has 0 radical (unpaired) electrons. The number of halogens is 1. The lowest BCUT2D eigenvalue weighted by molar-refractivity contribution is -0.139. The molecule has 0 aliphatic carbocycles. The summed E-state index contributed by atoms with van der Waals surface area (Å²) in [4.78, 5) is 48.9. The van der Waals surface area contributed by atoms with Gasteiger partial charge in [0.2, 0.25) is 23.4 Å². The average molecular weight is 449 g/mol. The van der Waals surface area contributed by atoms with E-state index in [2.05, 4.69) is 16.0 Å². The van der Waals surface area contributed by atoms with Gasteiger partial charge >= 0.3 is 0 Å². The third kappa shape index (κ3) is 10.5. The van der Waals surface area contributed by atoms with Crippen LogP contribution in [0.2, 0.25) is 0 Å². The van der Waals surface area contributed by atoms with E-state index < -0.39 is 53.5 Å². The van der Waals surface area contributed by atoms with Gasteiger partial charge < -0.3 is 32.5 Å². The number of carbonyl (C=O) groups is 4.